The van der Waals surface area contributed by atoms with Gasteiger partial charge in [0, 0.05) is 12.1 Å². The van der Waals surface area contributed by atoms with Crippen LogP contribution in [-0.2, 0) is 0 Å². The third-order valence-electron chi connectivity index (χ3n) is 4.56. The van der Waals surface area contributed by atoms with Gasteiger partial charge in [0.2, 0.25) is 0 Å². The normalized spacial score (nSPS) is 19.3. The largest absolute Gasteiger partial charge is 0.508 e. The zero-order chi connectivity index (χ0) is 13.7. The Morgan fingerprint density at radius 2 is 1.68 bits per heavy atom. The van der Waals surface area contributed by atoms with E-state index in [1.165, 1.54) is 44.1 Å². The van der Waals surface area contributed by atoms with Gasteiger partial charge < -0.3 is 5.11 Å². The van der Waals surface area contributed by atoms with Crippen LogP contribution in [0.2, 0.25) is 0 Å². The van der Waals surface area contributed by atoms with Crippen molar-refractivity contribution in [2.75, 3.05) is 7.05 Å². The monoisotopic (exact) mass is 261 g/mol. The first-order valence-electron chi connectivity index (χ1n) is 7.73. The summed E-state index contributed by atoms with van der Waals surface area (Å²) in [6.07, 6.45) is 9.36. The molecule has 0 aliphatic heterocycles. The van der Waals surface area contributed by atoms with Crippen LogP contribution in [0.4, 0.5) is 0 Å². The average Bonchev–Trinajstić information content (AvgIpc) is 2.70. The van der Waals surface area contributed by atoms with Gasteiger partial charge in [0.05, 0.1) is 0 Å². The fourth-order valence-corrected chi connectivity index (χ4v) is 3.37. The summed E-state index contributed by atoms with van der Waals surface area (Å²) >= 11 is 0. The van der Waals surface area contributed by atoms with Crippen molar-refractivity contribution in [1.29, 1.82) is 0 Å². The molecule has 1 fully saturated rings. The Labute approximate surface area is 117 Å². The molecule has 1 aliphatic carbocycles. The molecule has 1 saturated carbocycles. The number of hydrogen-bond donors (Lipinski definition) is 1. The van der Waals surface area contributed by atoms with Gasteiger partial charge in [0.1, 0.15) is 5.75 Å². The molecule has 1 N–H and O–H groups in total. The van der Waals surface area contributed by atoms with Crippen LogP contribution in [0, 0.1) is 0 Å². The number of phenolic OH excluding ortho intramolecular Hbond substituents is 1. The SMILES string of the molecule is CCC(c1ccc(O)cc1)N(C)C1CCCCCC1. The van der Waals surface area contributed by atoms with Crippen molar-refractivity contribution in [3.05, 3.63) is 29.8 Å². The van der Waals surface area contributed by atoms with Crippen molar-refractivity contribution in [3.8, 4) is 5.75 Å². The number of benzene rings is 1. The molecular formula is C17H27NO. The first kappa shape index (κ1) is 14.4. The number of phenols is 1. The molecule has 2 nitrogen and oxygen atoms in total. The Hall–Kier alpha value is -1.02. The smallest absolute Gasteiger partial charge is 0.115 e. The van der Waals surface area contributed by atoms with Crippen molar-refractivity contribution in [1.82, 2.24) is 4.90 Å². The lowest BCUT2D eigenvalue weighted by atomic mass is 9.98. The second-order valence-electron chi connectivity index (χ2n) is 5.83. The molecule has 2 heteroatoms. The Bertz CT molecular complexity index is 365. The van der Waals surface area contributed by atoms with Crippen LogP contribution >= 0.6 is 0 Å². The maximum atomic E-state index is 9.42. The van der Waals surface area contributed by atoms with Crippen molar-refractivity contribution >= 4 is 0 Å². The highest BCUT2D eigenvalue weighted by Gasteiger charge is 2.23. The Morgan fingerprint density at radius 1 is 1.11 bits per heavy atom. The summed E-state index contributed by atoms with van der Waals surface area (Å²) in [5, 5.41) is 9.42. The minimum Gasteiger partial charge on any atom is -0.508 e. The van der Waals surface area contributed by atoms with E-state index in [1.54, 1.807) is 12.1 Å². The van der Waals surface area contributed by atoms with E-state index in [0.717, 1.165) is 12.5 Å². The van der Waals surface area contributed by atoms with Crippen molar-refractivity contribution in [2.24, 2.45) is 0 Å². The first-order chi connectivity index (χ1) is 9.22. The molecule has 0 bridgehead atoms. The Morgan fingerprint density at radius 3 is 2.21 bits per heavy atom. The molecule has 106 valence electrons. The zero-order valence-corrected chi connectivity index (χ0v) is 12.3. The minimum atomic E-state index is 0.357. The van der Waals surface area contributed by atoms with Crippen LogP contribution in [0.1, 0.15) is 63.5 Å². The van der Waals surface area contributed by atoms with Gasteiger partial charge in [-0.3, -0.25) is 4.90 Å². The number of rotatable bonds is 4. The molecule has 0 spiro atoms. The van der Waals surface area contributed by atoms with E-state index in [-0.39, 0.29) is 0 Å². The Kier molecular flexibility index (Phi) is 5.26. The standard InChI is InChI=1S/C17H27NO/c1-3-17(14-10-12-16(19)13-11-14)18(2)15-8-6-4-5-7-9-15/h10-13,15,17,19H,3-9H2,1-2H3. The summed E-state index contributed by atoms with van der Waals surface area (Å²) in [5.74, 6) is 0.357. The van der Waals surface area contributed by atoms with E-state index < -0.39 is 0 Å². The summed E-state index contributed by atoms with van der Waals surface area (Å²) in [4.78, 5) is 2.57. The molecular weight excluding hydrogens is 234 g/mol. The van der Waals surface area contributed by atoms with Gasteiger partial charge in [-0.05, 0) is 44.0 Å². The topological polar surface area (TPSA) is 23.5 Å². The minimum absolute atomic E-state index is 0.357. The first-order valence-corrected chi connectivity index (χ1v) is 7.73. The number of nitrogens with zero attached hydrogens (tertiary/aromatic N) is 1. The van der Waals surface area contributed by atoms with E-state index in [1.807, 2.05) is 0 Å². The van der Waals surface area contributed by atoms with Crippen LogP contribution in [0.5, 0.6) is 5.75 Å². The molecule has 0 aromatic heterocycles. The Balaban J connectivity index is 2.09. The number of hydrogen-bond acceptors (Lipinski definition) is 2. The van der Waals surface area contributed by atoms with Gasteiger partial charge in [-0.2, -0.15) is 0 Å². The van der Waals surface area contributed by atoms with Gasteiger partial charge in [0.25, 0.3) is 0 Å². The molecule has 1 unspecified atom stereocenters. The van der Waals surface area contributed by atoms with Crippen LogP contribution in [-0.4, -0.2) is 23.1 Å². The summed E-state index contributed by atoms with van der Waals surface area (Å²) in [7, 11) is 2.27. The third-order valence-corrected chi connectivity index (χ3v) is 4.56. The fourth-order valence-electron chi connectivity index (χ4n) is 3.37. The second kappa shape index (κ2) is 6.95. The third kappa shape index (κ3) is 3.73. The van der Waals surface area contributed by atoms with Gasteiger partial charge in [-0.1, -0.05) is 44.7 Å². The van der Waals surface area contributed by atoms with E-state index >= 15 is 0 Å². The second-order valence-corrected chi connectivity index (χ2v) is 5.83. The van der Waals surface area contributed by atoms with Gasteiger partial charge in [0.15, 0.2) is 0 Å². The lowest BCUT2D eigenvalue weighted by Crippen LogP contribution is -2.34. The molecule has 0 radical (unpaired) electrons. The highest BCUT2D eigenvalue weighted by Crippen LogP contribution is 2.30. The van der Waals surface area contributed by atoms with Crippen LogP contribution in [0.3, 0.4) is 0 Å². The zero-order valence-electron chi connectivity index (χ0n) is 12.3. The highest BCUT2D eigenvalue weighted by atomic mass is 16.3. The summed E-state index contributed by atoms with van der Waals surface area (Å²) in [6, 6.07) is 8.94. The number of aromatic hydroxyl groups is 1. The fraction of sp³-hybridized carbons (Fsp3) is 0.647. The van der Waals surface area contributed by atoms with E-state index in [0.29, 0.717) is 11.8 Å². The molecule has 2 rings (SSSR count). The predicted molar refractivity (Wildman–Crippen MR) is 80.4 cm³/mol. The highest BCUT2D eigenvalue weighted by molar-refractivity contribution is 5.28. The lowest BCUT2D eigenvalue weighted by Gasteiger charge is -2.34. The summed E-state index contributed by atoms with van der Waals surface area (Å²) in [5.41, 5.74) is 1.33. The maximum absolute atomic E-state index is 9.42. The molecule has 1 atom stereocenters. The molecule has 0 heterocycles. The average molecular weight is 261 g/mol. The van der Waals surface area contributed by atoms with Gasteiger partial charge in [-0.25, -0.2) is 0 Å². The maximum Gasteiger partial charge on any atom is 0.115 e. The lowest BCUT2D eigenvalue weighted by molar-refractivity contribution is 0.153. The molecule has 1 aliphatic rings. The molecule has 0 saturated heterocycles. The predicted octanol–water partition coefficient (Wildman–Crippen LogP) is 4.50. The molecule has 1 aromatic carbocycles. The van der Waals surface area contributed by atoms with Crippen molar-refractivity contribution in [2.45, 2.75) is 64.0 Å². The van der Waals surface area contributed by atoms with E-state index in [2.05, 4.69) is 31.0 Å². The summed E-state index contributed by atoms with van der Waals surface area (Å²) in [6.45, 7) is 2.25. The van der Waals surface area contributed by atoms with Gasteiger partial charge >= 0.3 is 0 Å². The molecule has 19 heavy (non-hydrogen) atoms. The van der Waals surface area contributed by atoms with Crippen LogP contribution in [0.25, 0.3) is 0 Å². The van der Waals surface area contributed by atoms with Crippen molar-refractivity contribution in [3.63, 3.8) is 0 Å². The quantitative estimate of drug-likeness (QED) is 0.807. The van der Waals surface area contributed by atoms with E-state index in [4.69, 9.17) is 0 Å². The van der Waals surface area contributed by atoms with Crippen LogP contribution < -0.4 is 0 Å². The molecule has 1 aromatic rings. The van der Waals surface area contributed by atoms with E-state index in [9.17, 15) is 5.11 Å². The van der Waals surface area contributed by atoms with Crippen LogP contribution in [0.15, 0.2) is 24.3 Å². The summed E-state index contributed by atoms with van der Waals surface area (Å²) < 4.78 is 0. The van der Waals surface area contributed by atoms with Crippen molar-refractivity contribution < 1.29 is 5.11 Å². The molecule has 0 amide bonds. The van der Waals surface area contributed by atoms with Gasteiger partial charge in [-0.15, -0.1) is 0 Å².